The monoisotopic (exact) mass is 584 g/mol. The Morgan fingerprint density at radius 1 is 1.33 bits per heavy atom. The van der Waals surface area contributed by atoms with E-state index in [1.807, 2.05) is 12.1 Å². The summed E-state index contributed by atoms with van der Waals surface area (Å²) in [5.74, 6) is 0.547. The van der Waals surface area contributed by atoms with Crippen molar-refractivity contribution in [1.82, 2.24) is 34.6 Å². The molecule has 5 heterocycles. The zero-order valence-corrected chi connectivity index (χ0v) is 23.7. The Kier molecular flexibility index (Phi) is 8.09. The van der Waals surface area contributed by atoms with Crippen LogP contribution in [0.25, 0.3) is 28.1 Å². The molecule has 10 nitrogen and oxygen atoms in total. The quantitative estimate of drug-likeness (QED) is 0.256. The van der Waals surface area contributed by atoms with Gasteiger partial charge in [0.15, 0.2) is 17.4 Å². The van der Waals surface area contributed by atoms with Crippen LogP contribution in [0.5, 0.6) is 5.75 Å². The van der Waals surface area contributed by atoms with Crippen LogP contribution < -0.4 is 4.74 Å². The summed E-state index contributed by atoms with van der Waals surface area (Å²) in [7, 11) is 0. The average molecular weight is 585 g/mol. The van der Waals surface area contributed by atoms with Gasteiger partial charge < -0.3 is 14.0 Å². The lowest BCUT2D eigenvalue weighted by molar-refractivity contribution is -0.0591. The predicted octanol–water partition coefficient (Wildman–Crippen LogP) is 5.11. The molecule has 0 amide bonds. The maximum atomic E-state index is 14.4. The molecular weight excluding hydrogens is 554 g/mol. The second kappa shape index (κ2) is 12.2. The summed E-state index contributed by atoms with van der Waals surface area (Å²) in [5.41, 5.74) is 4.48. The van der Waals surface area contributed by atoms with Gasteiger partial charge in [-0.05, 0) is 49.1 Å². The maximum absolute atomic E-state index is 14.4. The standard InChI is InChI=1S/C31H30F2N8O2/c1-3-20(19(2)32)18-43-28-12-22(4-5-24(28)33)21-6-9-40(10-7-21)17-30-36-25-13-26(31-37-29(14-34)38-39-31)35-15-27(25)41(30)16-23-8-11-42-23/h3-6,12-13,15,23H,1,7-11,16-18H2,2H3,(H,37,38,39)/b20-19-/t23-/m0/s1. The fourth-order valence-electron chi connectivity index (χ4n) is 5.17. The minimum absolute atomic E-state index is 0.0537. The Bertz CT molecular complexity index is 1780. The number of aromatic nitrogens is 6. The SMILES string of the molecule is C=C/C(COc1cc(C2=CCN(Cc3nc4cc(-c5nc(C#N)n[nH]5)ncc4n3C[C@@H]3CCO3)CC2)ccc1F)=C(\C)F. The molecule has 6 rings (SSSR count). The van der Waals surface area contributed by atoms with E-state index in [-0.39, 0.29) is 29.9 Å². The highest BCUT2D eigenvalue weighted by Gasteiger charge is 2.24. The zero-order valence-electron chi connectivity index (χ0n) is 23.7. The Balaban J connectivity index is 1.20. The second-order valence-electron chi connectivity index (χ2n) is 10.5. The summed E-state index contributed by atoms with van der Waals surface area (Å²) < 4.78 is 41.5. The first-order valence-electron chi connectivity index (χ1n) is 14.0. The highest BCUT2D eigenvalue weighted by Crippen LogP contribution is 2.30. The smallest absolute Gasteiger partial charge is 0.252 e. The highest BCUT2D eigenvalue weighted by molar-refractivity contribution is 5.79. The van der Waals surface area contributed by atoms with Crippen LogP contribution in [0.2, 0.25) is 0 Å². The molecular formula is C31H30F2N8O2. The van der Waals surface area contributed by atoms with E-state index in [0.29, 0.717) is 31.2 Å². The van der Waals surface area contributed by atoms with E-state index in [4.69, 9.17) is 19.7 Å². The number of ether oxygens (including phenoxy) is 2. The van der Waals surface area contributed by atoms with E-state index >= 15 is 0 Å². The Morgan fingerprint density at radius 2 is 2.19 bits per heavy atom. The molecule has 43 heavy (non-hydrogen) atoms. The molecule has 1 saturated heterocycles. The van der Waals surface area contributed by atoms with Crippen LogP contribution in [0.1, 0.15) is 37.0 Å². The van der Waals surface area contributed by atoms with E-state index < -0.39 is 11.6 Å². The van der Waals surface area contributed by atoms with Gasteiger partial charge in [-0.15, -0.1) is 5.10 Å². The van der Waals surface area contributed by atoms with E-state index in [9.17, 15) is 8.78 Å². The largest absolute Gasteiger partial charge is 0.486 e. The van der Waals surface area contributed by atoms with Crippen molar-refractivity contribution >= 4 is 16.6 Å². The van der Waals surface area contributed by atoms with Gasteiger partial charge in [0.25, 0.3) is 5.82 Å². The average Bonchev–Trinajstić information content (AvgIpc) is 3.60. The normalized spacial score (nSPS) is 17.6. The number of nitrogens with one attached hydrogen (secondary N) is 1. The Morgan fingerprint density at radius 3 is 2.86 bits per heavy atom. The van der Waals surface area contributed by atoms with E-state index in [1.165, 1.54) is 19.1 Å². The van der Waals surface area contributed by atoms with Crippen LogP contribution >= 0.6 is 0 Å². The number of hydrogen-bond acceptors (Lipinski definition) is 8. The van der Waals surface area contributed by atoms with Gasteiger partial charge in [-0.1, -0.05) is 24.8 Å². The molecule has 2 aliphatic heterocycles. The van der Waals surface area contributed by atoms with Gasteiger partial charge >= 0.3 is 0 Å². The summed E-state index contributed by atoms with van der Waals surface area (Å²) in [6.07, 6.45) is 7.19. The third-order valence-electron chi connectivity index (χ3n) is 7.75. The zero-order chi connectivity index (χ0) is 29.9. The van der Waals surface area contributed by atoms with Crippen molar-refractivity contribution in [2.24, 2.45) is 0 Å². The molecule has 220 valence electrons. The van der Waals surface area contributed by atoms with E-state index in [1.54, 1.807) is 18.3 Å². The van der Waals surface area contributed by atoms with Crippen LogP contribution in [0.4, 0.5) is 8.78 Å². The molecule has 0 aliphatic carbocycles. The molecule has 0 spiro atoms. The third kappa shape index (κ3) is 6.09. The van der Waals surface area contributed by atoms with Gasteiger partial charge in [0.1, 0.15) is 30.0 Å². The molecule has 0 unspecified atom stereocenters. The third-order valence-corrected chi connectivity index (χ3v) is 7.75. The lowest BCUT2D eigenvalue weighted by Crippen LogP contribution is -2.33. The summed E-state index contributed by atoms with van der Waals surface area (Å²) >= 11 is 0. The van der Waals surface area contributed by atoms with Crippen LogP contribution in [-0.2, 0) is 17.8 Å². The van der Waals surface area contributed by atoms with Crippen LogP contribution in [0.3, 0.4) is 0 Å². The van der Waals surface area contributed by atoms with E-state index in [2.05, 4.69) is 42.3 Å². The lowest BCUT2D eigenvalue weighted by atomic mass is 9.99. The predicted molar refractivity (Wildman–Crippen MR) is 156 cm³/mol. The number of nitriles is 1. The maximum Gasteiger partial charge on any atom is 0.252 e. The first-order valence-corrected chi connectivity index (χ1v) is 14.0. The highest BCUT2D eigenvalue weighted by atomic mass is 19.1. The van der Waals surface area contributed by atoms with Crippen LogP contribution in [0.15, 0.2) is 60.6 Å². The number of nitrogens with zero attached hydrogens (tertiary/aromatic N) is 7. The van der Waals surface area contributed by atoms with Crippen molar-refractivity contribution in [3.05, 3.63) is 83.6 Å². The summed E-state index contributed by atoms with van der Waals surface area (Å²) in [6.45, 7) is 8.36. The fraction of sp³-hybridized carbons (Fsp3) is 0.323. The first-order chi connectivity index (χ1) is 20.9. The molecule has 1 atom stereocenters. The van der Waals surface area contributed by atoms with Crippen molar-refractivity contribution in [2.45, 2.75) is 39.0 Å². The molecule has 1 aromatic carbocycles. The number of H-pyrrole nitrogens is 1. The van der Waals surface area contributed by atoms with Gasteiger partial charge in [-0.2, -0.15) is 10.2 Å². The van der Waals surface area contributed by atoms with Crippen LogP contribution in [0, 0.1) is 17.1 Å². The van der Waals surface area contributed by atoms with Crippen LogP contribution in [-0.4, -0.2) is 67.0 Å². The minimum Gasteiger partial charge on any atom is -0.486 e. The fourth-order valence-corrected chi connectivity index (χ4v) is 5.17. The lowest BCUT2D eigenvalue weighted by Gasteiger charge is -2.29. The first kappa shape index (κ1) is 28.4. The molecule has 0 bridgehead atoms. The number of pyridine rings is 1. The molecule has 0 saturated carbocycles. The van der Waals surface area contributed by atoms with Gasteiger partial charge in [0.05, 0.1) is 36.4 Å². The molecule has 1 fully saturated rings. The number of halogens is 2. The second-order valence-corrected chi connectivity index (χ2v) is 10.5. The molecule has 2 aliphatic rings. The van der Waals surface area contributed by atoms with Crippen molar-refractivity contribution < 1.29 is 18.3 Å². The Hall–Kier alpha value is -4.73. The number of aromatic amines is 1. The number of fused-ring (bicyclic) bond motifs is 1. The summed E-state index contributed by atoms with van der Waals surface area (Å²) in [6, 6.07) is 8.56. The summed E-state index contributed by atoms with van der Waals surface area (Å²) in [4.78, 5) is 16.0. The molecule has 4 aromatic rings. The number of rotatable bonds is 10. The van der Waals surface area contributed by atoms with Gasteiger partial charge in [-0.3, -0.25) is 15.0 Å². The number of hydrogen-bond donors (Lipinski definition) is 1. The number of allylic oxidation sites excluding steroid dienone is 1. The molecule has 0 radical (unpaired) electrons. The summed E-state index contributed by atoms with van der Waals surface area (Å²) in [5, 5.41) is 15.7. The minimum atomic E-state index is -0.498. The van der Waals surface area contributed by atoms with Gasteiger partial charge in [-0.25, -0.2) is 13.8 Å². The van der Waals surface area contributed by atoms with Gasteiger partial charge in [0, 0.05) is 25.3 Å². The van der Waals surface area contributed by atoms with Crippen molar-refractivity contribution in [3.63, 3.8) is 0 Å². The number of imidazole rings is 1. The topological polar surface area (TPSA) is 118 Å². The number of benzene rings is 1. The van der Waals surface area contributed by atoms with Gasteiger partial charge in [0.2, 0.25) is 0 Å². The molecule has 1 N–H and O–H groups in total. The van der Waals surface area contributed by atoms with Crippen molar-refractivity contribution in [1.29, 1.82) is 5.26 Å². The van der Waals surface area contributed by atoms with Crippen molar-refractivity contribution in [3.8, 4) is 23.3 Å². The Labute approximate surface area is 247 Å². The van der Waals surface area contributed by atoms with Crippen molar-refractivity contribution in [2.75, 3.05) is 26.3 Å². The van der Waals surface area contributed by atoms with E-state index in [0.717, 1.165) is 54.0 Å². The molecule has 12 heteroatoms. The molecule has 3 aromatic heterocycles.